The Kier molecular flexibility index (Phi) is 9.05. The molecule has 0 radical (unpaired) electrons. The van der Waals surface area contributed by atoms with Gasteiger partial charge in [0.25, 0.3) is 11.8 Å². The van der Waals surface area contributed by atoms with Gasteiger partial charge in [0.1, 0.15) is 5.75 Å². The topological polar surface area (TPSA) is 90.9 Å². The number of ether oxygens (including phenoxy) is 1. The van der Waals surface area contributed by atoms with E-state index >= 15 is 0 Å². The number of hydrogen-bond donors (Lipinski definition) is 3. The molecule has 3 aromatic carbocycles. The van der Waals surface area contributed by atoms with Gasteiger partial charge in [-0.15, -0.1) is 12.4 Å². The molecule has 2 heterocycles. The maximum atomic E-state index is 13.3. The number of carbonyl (C=O) groups excluding carboxylic acids is 2. The molecule has 0 spiro atoms. The normalized spacial score (nSPS) is 17.1. The highest BCUT2D eigenvalue weighted by Crippen LogP contribution is 2.29. The van der Waals surface area contributed by atoms with E-state index in [9.17, 15) is 14.7 Å². The van der Waals surface area contributed by atoms with Gasteiger partial charge in [-0.2, -0.15) is 0 Å². The number of amides is 2. The van der Waals surface area contributed by atoms with Crippen LogP contribution in [0.4, 0.5) is 0 Å². The van der Waals surface area contributed by atoms with Crippen LogP contribution in [0.3, 0.4) is 0 Å². The molecule has 3 aromatic rings. The lowest BCUT2D eigenvalue weighted by atomic mass is 9.93. The van der Waals surface area contributed by atoms with E-state index < -0.39 is 6.10 Å². The molecule has 200 valence electrons. The number of aliphatic hydroxyl groups is 1. The molecule has 7 nitrogen and oxygen atoms in total. The minimum Gasteiger partial charge on any atom is -0.493 e. The molecule has 0 aromatic heterocycles. The largest absolute Gasteiger partial charge is 0.493 e. The highest BCUT2D eigenvalue weighted by molar-refractivity contribution is 6.02. The Bertz CT molecular complexity index is 1280. The number of nitrogens with one attached hydrogen (secondary N) is 2. The van der Waals surface area contributed by atoms with Crippen LogP contribution in [0.15, 0.2) is 66.7 Å². The third-order valence-corrected chi connectivity index (χ3v) is 7.18. The Morgan fingerprint density at radius 2 is 1.84 bits per heavy atom. The predicted octanol–water partition coefficient (Wildman–Crippen LogP) is 3.51. The van der Waals surface area contributed by atoms with Gasteiger partial charge in [0.2, 0.25) is 0 Å². The summed E-state index contributed by atoms with van der Waals surface area (Å²) < 4.78 is 5.78. The van der Waals surface area contributed by atoms with Gasteiger partial charge in [-0.25, -0.2) is 0 Å². The SMILES string of the molecule is CCOc1cc2c(cc1C(=O)NC[C@@H](O)[C@@H]1Cc3ccccc3CN1)CCN(Cc1ccccc1)C2=O.Cl. The Labute approximate surface area is 229 Å². The van der Waals surface area contributed by atoms with Gasteiger partial charge in [0.15, 0.2) is 0 Å². The summed E-state index contributed by atoms with van der Waals surface area (Å²) in [6, 6.07) is 21.4. The van der Waals surface area contributed by atoms with Crippen LogP contribution in [0.2, 0.25) is 0 Å². The molecule has 0 unspecified atom stereocenters. The fraction of sp³-hybridized carbons (Fsp3) is 0.333. The van der Waals surface area contributed by atoms with Crippen molar-refractivity contribution in [2.24, 2.45) is 0 Å². The molecule has 2 aliphatic heterocycles. The fourth-order valence-electron chi connectivity index (χ4n) is 5.15. The lowest BCUT2D eigenvalue weighted by molar-refractivity contribution is 0.0725. The van der Waals surface area contributed by atoms with Gasteiger partial charge < -0.3 is 25.4 Å². The Morgan fingerprint density at radius 1 is 1.11 bits per heavy atom. The maximum Gasteiger partial charge on any atom is 0.255 e. The number of halogens is 1. The zero-order chi connectivity index (χ0) is 25.8. The van der Waals surface area contributed by atoms with E-state index in [1.165, 1.54) is 11.1 Å². The van der Waals surface area contributed by atoms with Crippen molar-refractivity contribution in [3.8, 4) is 5.75 Å². The maximum absolute atomic E-state index is 13.3. The first kappa shape index (κ1) is 27.6. The van der Waals surface area contributed by atoms with Crippen molar-refractivity contribution in [2.45, 2.75) is 45.0 Å². The third kappa shape index (κ3) is 6.01. The second-order valence-corrected chi connectivity index (χ2v) is 9.64. The Hall–Kier alpha value is -3.39. The average molecular weight is 536 g/mol. The quantitative estimate of drug-likeness (QED) is 0.411. The van der Waals surface area contributed by atoms with E-state index in [4.69, 9.17) is 4.74 Å². The molecule has 2 amide bonds. The van der Waals surface area contributed by atoms with Crippen LogP contribution in [0.1, 0.15) is 49.9 Å². The minimum atomic E-state index is -0.737. The number of rotatable bonds is 8. The molecular weight excluding hydrogens is 502 g/mol. The lowest BCUT2D eigenvalue weighted by Crippen LogP contribution is -2.49. The van der Waals surface area contributed by atoms with E-state index in [0.717, 1.165) is 11.1 Å². The van der Waals surface area contributed by atoms with Crippen molar-refractivity contribution in [2.75, 3.05) is 19.7 Å². The van der Waals surface area contributed by atoms with Crippen molar-refractivity contribution in [3.63, 3.8) is 0 Å². The zero-order valence-corrected chi connectivity index (χ0v) is 22.3. The van der Waals surface area contributed by atoms with Gasteiger partial charge in [-0.05, 0) is 54.2 Å². The first-order valence-electron chi connectivity index (χ1n) is 12.9. The second-order valence-electron chi connectivity index (χ2n) is 9.64. The predicted molar refractivity (Wildman–Crippen MR) is 149 cm³/mol. The molecule has 8 heteroatoms. The molecule has 0 saturated heterocycles. The summed E-state index contributed by atoms with van der Waals surface area (Å²) in [6.45, 7) is 4.16. The van der Waals surface area contributed by atoms with Crippen LogP contribution >= 0.6 is 12.4 Å². The van der Waals surface area contributed by atoms with E-state index in [1.807, 2.05) is 54.3 Å². The van der Waals surface area contributed by atoms with Gasteiger partial charge in [0.05, 0.1) is 18.3 Å². The standard InChI is InChI=1S/C30H33N3O4.ClH/c1-2-37-28-16-24-22(12-13-33(30(24)36)19-20-8-4-3-5-9-20)14-25(28)29(35)32-18-27(34)26-15-21-10-6-7-11-23(21)17-31-26;/h3-11,14,16,26-27,31,34H,2,12-13,15,17-19H2,1H3,(H,32,35);1H/t26-,27+;/m0./s1. The number of fused-ring (bicyclic) bond motifs is 2. The molecule has 5 rings (SSSR count). The summed E-state index contributed by atoms with van der Waals surface area (Å²) in [5.41, 5.74) is 5.34. The second kappa shape index (κ2) is 12.4. The van der Waals surface area contributed by atoms with E-state index in [-0.39, 0.29) is 36.8 Å². The zero-order valence-electron chi connectivity index (χ0n) is 21.5. The van der Waals surface area contributed by atoms with Crippen LogP contribution in [0.25, 0.3) is 0 Å². The number of hydrogen-bond acceptors (Lipinski definition) is 5. The summed E-state index contributed by atoms with van der Waals surface area (Å²) >= 11 is 0. The van der Waals surface area contributed by atoms with Gasteiger partial charge >= 0.3 is 0 Å². The third-order valence-electron chi connectivity index (χ3n) is 7.18. The van der Waals surface area contributed by atoms with Crippen LogP contribution in [-0.4, -0.2) is 53.7 Å². The molecule has 2 aliphatic rings. The highest BCUT2D eigenvalue weighted by Gasteiger charge is 2.29. The van der Waals surface area contributed by atoms with Crippen molar-refractivity contribution in [3.05, 3.63) is 100 Å². The summed E-state index contributed by atoms with van der Waals surface area (Å²) in [5.74, 6) is 0.00522. The van der Waals surface area contributed by atoms with Crippen molar-refractivity contribution in [1.29, 1.82) is 0 Å². The van der Waals surface area contributed by atoms with Gasteiger partial charge in [-0.3, -0.25) is 9.59 Å². The number of benzene rings is 3. The van der Waals surface area contributed by atoms with Crippen LogP contribution in [-0.2, 0) is 25.9 Å². The molecule has 0 fully saturated rings. The minimum absolute atomic E-state index is 0. The lowest BCUT2D eigenvalue weighted by Gasteiger charge is -2.30. The Balaban J connectivity index is 0.00000336. The van der Waals surface area contributed by atoms with E-state index in [2.05, 4.69) is 22.8 Å². The number of carbonyl (C=O) groups is 2. The molecule has 38 heavy (non-hydrogen) atoms. The summed E-state index contributed by atoms with van der Waals surface area (Å²) in [6.07, 6.45) is 0.630. The molecule has 0 aliphatic carbocycles. The number of aliphatic hydroxyl groups excluding tert-OH is 1. The molecule has 2 atom stereocenters. The van der Waals surface area contributed by atoms with Crippen molar-refractivity contribution < 1.29 is 19.4 Å². The first-order chi connectivity index (χ1) is 18.0. The van der Waals surface area contributed by atoms with Crippen molar-refractivity contribution >= 4 is 24.2 Å². The molecule has 0 bridgehead atoms. The summed E-state index contributed by atoms with van der Waals surface area (Å²) in [4.78, 5) is 28.3. The molecule has 0 saturated carbocycles. The van der Waals surface area contributed by atoms with Crippen LogP contribution in [0, 0.1) is 0 Å². The van der Waals surface area contributed by atoms with Crippen LogP contribution in [0.5, 0.6) is 5.75 Å². The molecular formula is C30H34ClN3O4. The average Bonchev–Trinajstić information content (AvgIpc) is 2.93. The van der Waals surface area contributed by atoms with Crippen LogP contribution < -0.4 is 15.4 Å². The number of nitrogens with zero attached hydrogens (tertiary/aromatic N) is 1. The fourth-order valence-corrected chi connectivity index (χ4v) is 5.15. The molecule has 3 N–H and O–H groups in total. The summed E-state index contributed by atoms with van der Waals surface area (Å²) in [7, 11) is 0. The van der Waals surface area contributed by atoms with Gasteiger partial charge in [0, 0.05) is 37.8 Å². The Morgan fingerprint density at radius 3 is 2.61 bits per heavy atom. The highest BCUT2D eigenvalue weighted by atomic mass is 35.5. The van der Waals surface area contributed by atoms with E-state index in [0.29, 0.717) is 56.0 Å². The van der Waals surface area contributed by atoms with Gasteiger partial charge in [-0.1, -0.05) is 54.6 Å². The monoisotopic (exact) mass is 535 g/mol. The first-order valence-corrected chi connectivity index (χ1v) is 12.9. The van der Waals surface area contributed by atoms with Crippen molar-refractivity contribution in [1.82, 2.24) is 15.5 Å². The summed E-state index contributed by atoms with van der Waals surface area (Å²) in [5, 5.41) is 17.0. The smallest absolute Gasteiger partial charge is 0.255 e. The van der Waals surface area contributed by atoms with E-state index in [1.54, 1.807) is 12.1 Å².